The van der Waals surface area contributed by atoms with Gasteiger partial charge in [-0.1, -0.05) is 0 Å². The summed E-state index contributed by atoms with van der Waals surface area (Å²) in [6.45, 7) is 0.131. The molecule has 5 nitrogen and oxygen atoms in total. The predicted molar refractivity (Wildman–Crippen MR) is 70.4 cm³/mol. The molecular weight excluding hydrogens is 307 g/mol. The lowest BCUT2D eigenvalue weighted by Gasteiger charge is -2.07. The van der Waals surface area contributed by atoms with Gasteiger partial charge in [-0.15, -0.1) is 0 Å². The van der Waals surface area contributed by atoms with E-state index in [4.69, 9.17) is 5.73 Å². The Balaban J connectivity index is 2.37. The smallest absolute Gasteiger partial charge is 0.263 e. The lowest BCUT2D eigenvalue weighted by atomic mass is 10.3. The molecule has 0 spiro atoms. The Bertz CT molecular complexity index is 764. The Labute approximate surface area is 119 Å². The van der Waals surface area contributed by atoms with Crippen LogP contribution in [0.1, 0.15) is 5.69 Å². The highest BCUT2D eigenvalue weighted by molar-refractivity contribution is 7.92. The Morgan fingerprint density at radius 2 is 1.76 bits per heavy atom. The second kappa shape index (κ2) is 5.41. The van der Waals surface area contributed by atoms with Crippen LogP contribution in [0, 0.1) is 17.5 Å². The monoisotopic (exact) mass is 319 g/mol. The van der Waals surface area contributed by atoms with Crippen molar-refractivity contribution < 1.29 is 21.6 Å². The number of hydrogen-bond donors (Lipinski definition) is 2. The molecule has 0 amide bonds. The highest BCUT2D eigenvalue weighted by Crippen LogP contribution is 2.21. The average Bonchev–Trinajstić information content (AvgIpc) is 2.77. The molecule has 0 radical (unpaired) electrons. The van der Waals surface area contributed by atoms with Crippen molar-refractivity contribution in [1.82, 2.24) is 4.57 Å². The molecule has 0 bridgehead atoms. The zero-order chi connectivity index (χ0) is 15.8. The molecule has 0 saturated carbocycles. The number of nitrogens with one attached hydrogen (secondary N) is 1. The lowest BCUT2D eigenvalue weighted by Crippen LogP contribution is -2.13. The van der Waals surface area contributed by atoms with Gasteiger partial charge in [-0.25, -0.2) is 21.6 Å². The molecule has 3 N–H and O–H groups in total. The minimum Gasteiger partial charge on any atom is -0.352 e. The molecule has 0 aliphatic rings. The quantitative estimate of drug-likeness (QED) is 0.842. The highest BCUT2D eigenvalue weighted by atomic mass is 32.2. The van der Waals surface area contributed by atoms with Crippen molar-refractivity contribution in [3.05, 3.63) is 47.5 Å². The normalized spacial score (nSPS) is 11.7. The molecule has 114 valence electrons. The third-order valence-electron chi connectivity index (χ3n) is 2.84. The van der Waals surface area contributed by atoms with E-state index in [9.17, 15) is 21.6 Å². The third kappa shape index (κ3) is 3.03. The summed E-state index contributed by atoms with van der Waals surface area (Å²) in [6.07, 6.45) is 1.31. The first kappa shape index (κ1) is 15.4. The van der Waals surface area contributed by atoms with E-state index in [-0.39, 0.29) is 11.4 Å². The minimum absolute atomic E-state index is 0.115. The summed E-state index contributed by atoms with van der Waals surface area (Å²) in [5.74, 6) is -4.63. The van der Waals surface area contributed by atoms with Crippen molar-refractivity contribution in [3.63, 3.8) is 0 Å². The van der Waals surface area contributed by atoms with E-state index in [0.29, 0.717) is 17.8 Å². The SMILES string of the molecule is Cn1cc(S(=O)(=O)Nc2cc(F)c(F)c(F)c2)cc1CN. The van der Waals surface area contributed by atoms with Crippen molar-refractivity contribution >= 4 is 15.7 Å². The molecule has 21 heavy (non-hydrogen) atoms. The topological polar surface area (TPSA) is 77.1 Å². The van der Waals surface area contributed by atoms with E-state index in [1.807, 2.05) is 4.72 Å². The van der Waals surface area contributed by atoms with Crippen LogP contribution in [-0.4, -0.2) is 13.0 Å². The van der Waals surface area contributed by atoms with Crippen LogP contribution < -0.4 is 10.5 Å². The Morgan fingerprint density at radius 1 is 1.19 bits per heavy atom. The largest absolute Gasteiger partial charge is 0.352 e. The molecule has 0 unspecified atom stereocenters. The fourth-order valence-electron chi connectivity index (χ4n) is 1.76. The number of aromatic nitrogens is 1. The van der Waals surface area contributed by atoms with Gasteiger partial charge in [0.2, 0.25) is 0 Å². The van der Waals surface area contributed by atoms with Crippen LogP contribution in [0.5, 0.6) is 0 Å². The molecular formula is C12H12F3N3O2S. The molecule has 2 aromatic rings. The first-order chi connectivity index (χ1) is 9.74. The van der Waals surface area contributed by atoms with Crippen LogP contribution in [0.25, 0.3) is 0 Å². The van der Waals surface area contributed by atoms with Crippen molar-refractivity contribution in [3.8, 4) is 0 Å². The van der Waals surface area contributed by atoms with Gasteiger partial charge >= 0.3 is 0 Å². The summed E-state index contributed by atoms with van der Waals surface area (Å²) >= 11 is 0. The Kier molecular flexibility index (Phi) is 3.97. The summed E-state index contributed by atoms with van der Waals surface area (Å²) in [4.78, 5) is -0.115. The van der Waals surface area contributed by atoms with Crippen molar-refractivity contribution in [2.75, 3.05) is 4.72 Å². The van der Waals surface area contributed by atoms with Crippen LogP contribution in [0.3, 0.4) is 0 Å². The zero-order valence-corrected chi connectivity index (χ0v) is 11.7. The number of aryl methyl sites for hydroxylation is 1. The van der Waals surface area contributed by atoms with E-state index in [0.717, 1.165) is 0 Å². The van der Waals surface area contributed by atoms with E-state index in [2.05, 4.69) is 0 Å². The van der Waals surface area contributed by atoms with Gasteiger partial charge in [0.15, 0.2) is 17.5 Å². The Hall–Kier alpha value is -2.00. The molecule has 1 heterocycles. The maximum Gasteiger partial charge on any atom is 0.263 e. The van der Waals surface area contributed by atoms with Gasteiger partial charge < -0.3 is 10.3 Å². The van der Waals surface area contributed by atoms with Gasteiger partial charge in [0, 0.05) is 37.6 Å². The summed E-state index contributed by atoms with van der Waals surface area (Å²) in [5.41, 5.74) is 5.59. The fraction of sp³-hybridized carbons (Fsp3) is 0.167. The summed E-state index contributed by atoms with van der Waals surface area (Å²) in [6, 6.07) is 2.45. The first-order valence-corrected chi connectivity index (χ1v) is 7.25. The van der Waals surface area contributed by atoms with Gasteiger partial charge in [-0.2, -0.15) is 0 Å². The average molecular weight is 319 g/mol. The van der Waals surface area contributed by atoms with Gasteiger partial charge in [0.25, 0.3) is 10.0 Å². The fourth-order valence-corrected chi connectivity index (χ4v) is 2.89. The minimum atomic E-state index is -4.05. The van der Waals surface area contributed by atoms with Gasteiger partial charge in [0.05, 0.1) is 5.69 Å². The van der Waals surface area contributed by atoms with Crippen molar-refractivity contribution in [2.24, 2.45) is 12.8 Å². The van der Waals surface area contributed by atoms with Crippen LogP contribution in [0.15, 0.2) is 29.3 Å². The van der Waals surface area contributed by atoms with Crippen LogP contribution >= 0.6 is 0 Å². The van der Waals surface area contributed by atoms with E-state index >= 15 is 0 Å². The molecule has 1 aromatic carbocycles. The number of nitrogens with zero attached hydrogens (tertiary/aromatic N) is 1. The lowest BCUT2D eigenvalue weighted by molar-refractivity contribution is 0.448. The molecule has 0 aliphatic heterocycles. The number of hydrogen-bond acceptors (Lipinski definition) is 3. The number of nitrogens with two attached hydrogens (primary N) is 1. The number of benzene rings is 1. The van der Waals surface area contributed by atoms with E-state index in [1.54, 1.807) is 7.05 Å². The van der Waals surface area contributed by atoms with E-state index in [1.165, 1.54) is 16.8 Å². The number of rotatable bonds is 4. The van der Waals surface area contributed by atoms with Gasteiger partial charge in [0.1, 0.15) is 4.90 Å². The number of halogens is 3. The highest BCUT2D eigenvalue weighted by Gasteiger charge is 2.19. The molecule has 0 aliphatic carbocycles. The second-order valence-electron chi connectivity index (χ2n) is 4.34. The zero-order valence-electron chi connectivity index (χ0n) is 10.9. The van der Waals surface area contributed by atoms with Crippen LogP contribution in [0.4, 0.5) is 18.9 Å². The molecule has 2 rings (SSSR count). The molecule has 0 saturated heterocycles. The van der Waals surface area contributed by atoms with Crippen LogP contribution in [-0.2, 0) is 23.6 Å². The van der Waals surface area contributed by atoms with E-state index < -0.39 is 33.2 Å². The predicted octanol–water partition coefficient (Wildman–Crippen LogP) is 1.70. The summed E-state index contributed by atoms with van der Waals surface area (Å²) < 4.78 is 66.6. The molecule has 9 heteroatoms. The maximum absolute atomic E-state index is 13.1. The second-order valence-corrected chi connectivity index (χ2v) is 6.02. The summed E-state index contributed by atoms with van der Waals surface area (Å²) in [5, 5.41) is 0. The Morgan fingerprint density at radius 3 is 2.24 bits per heavy atom. The number of anilines is 1. The van der Waals surface area contributed by atoms with Gasteiger partial charge in [-0.05, 0) is 6.07 Å². The molecule has 0 fully saturated rings. The van der Waals surface area contributed by atoms with Crippen LogP contribution in [0.2, 0.25) is 0 Å². The summed E-state index contributed by atoms with van der Waals surface area (Å²) in [7, 11) is -2.44. The molecule has 0 atom stereocenters. The first-order valence-electron chi connectivity index (χ1n) is 5.77. The van der Waals surface area contributed by atoms with Crippen molar-refractivity contribution in [1.29, 1.82) is 0 Å². The maximum atomic E-state index is 13.1. The molecule has 1 aromatic heterocycles. The van der Waals surface area contributed by atoms with Gasteiger partial charge in [-0.3, -0.25) is 4.72 Å². The number of sulfonamides is 1. The van der Waals surface area contributed by atoms with Crippen molar-refractivity contribution in [2.45, 2.75) is 11.4 Å². The standard InChI is InChI=1S/C12H12F3N3O2S/c1-18-6-9(4-8(18)5-16)21(19,20)17-7-2-10(13)12(15)11(14)3-7/h2-4,6,17H,5,16H2,1H3. The third-order valence-corrected chi connectivity index (χ3v) is 4.19.